The number of thiophene rings is 1. The number of fused-ring (bicyclic) bond motifs is 3. The van der Waals surface area contributed by atoms with Crippen molar-refractivity contribution in [3.8, 4) is 0 Å². The monoisotopic (exact) mass is 401 g/mol. The van der Waals surface area contributed by atoms with E-state index in [1.54, 1.807) is 6.07 Å². The number of benzene rings is 2. The SMILES string of the molecule is Cc1ccc2oc(=O)c3cc(C(=O)N4CC=C(c5ccccc5)CC4)sc3c2c1. The summed E-state index contributed by atoms with van der Waals surface area (Å²) in [5, 5.41) is 1.36. The van der Waals surface area contributed by atoms with Gasteiger partial charge in [0.2, 0.25) is 0 Å². The van der Waals surface area contributed by atoms with E-state index in [2.05, 4.69) is 18.2 Å². The van der Waals surface area contributed by atoms with Crippen LogP contribution in [0, 0.1) is 6.92 Å². The van der Waals surface area contributed by atoms with E-state index in [4.69, 9.17) is 4.42 Å². The van der Waals surface area contributed by atoms with Gasteiger partial charge in [0.25, 0.3) is 5.91 Å². The molecule has 0 N–H and O–H groups in total. The van der Waals surface area contributed by atoms with Gasteiger partial charge in [0.05, 0.1) is 15.0 Å². The second-order valence-corrected chi connectivity index (χ2v) is 8.39. The van der Waals surface area contributed by atoms with Crippen LogP contribution in [0.3, 0.4) is 0 Å². The smallest absolute Gasteiger partial charge is 0.345 e. The van der Waals surface area contributed by atoms with Gasteiger partial charge in [-0.1, -0.05) is 48.0 Å². The summed E-state index contributed by atoms with van der Waals surface area (Å²) in [4.78, 5) is 27.9. The number of aryl methyl sites for hydroxylation is 1. The molecule has 2 aromatic carbocycles. The summed E-state index contributed by atoms with van der Waals surface area (Å²) in [6.45, 7) is 3.24. The molecule has 0 fully saturated rings. The molecule has 5 rings (SSSR count). The maximum absolute atomic E-state index is 13.1. The van der Waals surface area contributed by atoms with Gasteiger partial charge in [0.1, 0.15) is 5.58 Å². The number of nitrogens with zero attached hydrogens (tertiary/aromatic N) is 1. The lowest BCUT2D eigenvalue weighted by atomic mass is 9.99. The minimum Gasteiger partial charge on any atom is -0.422 e. The summed E-state index contributed by atoms with van der Waals surface area (Å²) in [6, 6.07) is 17.7. The van der Waals surface area contributed by atoms with Crippen LogP contribution >= 0.6 is 11.3 Å². The molecule has 0 unspecified atom stereocenters. The standard InChI is InChI=1S/C24H19NO3S/c1-15-7-8-20-18(13-15)22-19(24(27)28-20)14-21(29-22)23(26)25-11-9-17(10-12-25)16-5-3-2-4-6-16/h2-9,13-14H,10-12H2,1H3. The zero-order valence-electron chi connectivity index (χ0n) is 16.0. The number of carbonyl (C=O) groups excluding carboxylic acids is 1. The highest BCUT2D eigenvalue weighted by Gasteiger charge is 2.22. The average Bonchev–Trinajstić information content (AvgIpc) is 3.21. The van der Waals surface area contributed by atoms with E-state index < -0.39 is 5.63 Å². The molecular formula is C24H19NO3S. The van der Waals surface area contributed by atoms with Crippen molar-refractivity contribution in [1.82, 2.24) is 4.90 Å². The molecule has 1 aliphatic heterocycles. The summed E-state index contributed by atoms with van der Waals surface area (Å²) < 4.78 is 6.27. The third-order valence-electron chi connectivity index (χ3n) is 5.39. The molecule has 4 nitrogen and oxygen atoms in total. The van der Waals surface area contributed by atoms with Crippen molar-refractivity contribution in [3.05, 3.63) is 87.1 Å². The number of amides is 1. The second kappa shape index (κ2) is 7.01. The van der Waals surface area contributed by atoms with Gasteiger partial charge in [0, 0.05) is 18.5 Å². The number of carbonyl (C=O) groups is 1. The van der Waals surface area contributed by atoms with E-state index in [1.807, 2.05) is 48.2 Å². The fourth-order valence-electron chi connectivity index (χ4n) is 3.84. The van der Waals surface area contributed by atoms with Crippen molar-refractivity contribution in [1.29, 1.82) is 0 Å². The predicted octanol–water partition coefficient (Wildman–Crippen LogP) is 5.25. The maximum atomic E-state index is 13.1. The maximum Gasteiger partial charge on any atom is 0.345 e. The lowest BCUT2D eigenvalue weighted by molar-refractivity contribution is 0.0778. The molecule has 29 heavy (non-hydrogen) atoms. The van der Waals surface area contributed by atoms with E-state index in [0.717, 1.165) is 22.1 Å². The Balaban J connectivity index is 1.48. The molecule has 4 aromatic rings. The molecule has 0 spiro atoms. The summed E-state index contributed by atoms with van der Waals surface area (Å²) in [5.74, 6) is -0.0326. The molecule has 0 saturated heterocycles. The summed E-state index contributed by atoms with van der Waals surface area (Å²) in [5.41, 5.74) is 3.73. The Hall–Kier alpha value is -3.18. The average molecular weight is 401 g/mol. The van der Waals surface area contributed by atoms with Gasteiger partial charge in [0.15, 0.2) is 0 Å². The highest BCUT2D eigenvalue weighted by molar-refractivity contribution is 7.21. The van der Waals surface area contributed by atoms with E-state index in [-0.39, 0.29) is 5.91 Å². The van der Waals surface area contributed by atoms with Gasteiger partial charge in [-0.25, -0.2) is 4.79 Å². The quantitative estimate of drug-likeness (QED) is 0.431. The first kappa shape index (κ1) is 17.9. The molecule has 1 aliphatic rings. The molecule has 3 heterocycles. The molecule has 0 aliphatic carbocycles. The first-order valence-corrected chi connectivity index (χ1v) is 10.4. The molecule has 1 amide bonds. The van der Waals surface area contributed by atoms with Crippen LogP contribution in [-0.2, 0) is 0 Å². The number of rotatable bonds is 2. The van der Waals surface area contributed by atoms with Crippen LogP contribution in [0.2, 0.25) is 0 Å². The Morgan fingerprint density at radius 3 is 2.66 bits per heavy atom. The zero-order chi connectivity index (χ0) is 20.0. The van der Waals surface area contributed by atoms with Gasteiger partial charge >= 0.3 is 5.63 Å². The Kier molecular flexibility index (Phi) is 4.32. The molecule has 5 heteroatoms. The Morgan fingerprint density at radius 2 is 1.90 bits per heavy atom. The van der Waals surface area contributed by atoms with Crippen molar-refractivity contribution in [3.63, 3.8) is 0 Å². The van der Waals surface area contributed by atoms with Crippen LogP contribution in [-0.4, -0.2) is 23.9 Å². The molecule has 0 atom stereocenters. The minimum atomic E-state index is -0.392. The topological polar surface area (TPSA) is 50.5 Å². The second-order valence-electron chi connectivity index (χ2n) is 7.34. The van der Waals surface area contributed by atoms with Crippen LogP contribution in [0.4, 0.5) is 0 Å². The Labute approximate surface area is 171 Å². The largest absolute Gasteiger partial charge is 0.422 e. The molecule has 0 radical (unpaired) electrons. The van der Waals surface area contributed by atoms with Crippen LogP contribution < -0.4 is 5.63 Å². The van der Waals surface area contributed by atoms with Crippen molar-refractivity contribution < 1.29 is 9.21 Å². The fourth-order valence-corrected chi connectivity index (χ4v) is 4.97. The number of hydrogen-bond donors (Lipinski definition) is 0. The Morgan fingerprint density at radius 1 is 1.07 bits per heavy atom. The molecular weight excluding hydrogens is 382 g/mol. The number of hydrogen-bond acceptors (Lipinski definition) is 4. The van der Waals surface area contributed by atoms with E-state index in [0.29, 0.717) is 28.9 Å². The van der Waals surface area contributed by atoms with Gasteiger partial charge in [-0.2, -0.15) is 0 Å². The van der Waals surface area contributed by atoms with Gasteiger partial charge in [-0.05, 0) is 42.7 Å². The molecule has 0 bridgehead atoms. The summed E-state index contributed by atoms with van der Waals surface area (Å²) in [7, 11) is 0. The predicted molar refractivity (Wildman–Crippen MR) is 118 cm³/mol. The third kappa shape index (κ3) is 3.17. The van der Waals surface area contributed by atoms with E-state index >= 15 is 0 Å². The highest BCUT2D eigenvalue weighted by Crippen LogP contribution is 2.32. The fraction of sp³-hybridized carbons (Fsp3) is 0.167. The van der Waals surface area contributed by atoms with Crippen molar-refractivity contribution >= 4 is 43.9 Å². The first-order valence-electron chi connectivity index (χ1n) is 9.61. The normalized spacial score (nSPS) is 14.4. The Bertz CT molecular complexity index is 1330. The highest BCUT2D eigenvalue weighted by atomic mass is 32.1. The zero-order valence-corrected chi connectivity index (χ0v) is 16.8. The van der Waals surface area contributed by atoms with E-state index in [1.165, 1.54) is 22.5 Å². The minimum absolute atomic E-state index is 0.0326. The molecule has 144 valence electrons. The van der Waals surface area contributed by atoms with Gasteiger partial charge in [-0.15, -0.1) is 11.3 Å². The lowest BCUT2D eigenvalue weighted by Gasteiger charge is -2.26. The van der Waals surface area contributed by atoms with Crippen LogP contribution in [0.1, 0.15) is 27.2 Å². The molecule has 0 saturated carbocycles. The van der Waals surface area contributed by atoms with Crippen molar-refractivity contribution in [2.75, 3.05) is 13.1 Å². The molecule has 2 aromatic heterocycles. The van der Waals surface area contributed by atoms with Gasteiger partial charge < -0.3 is 9.32 Å². The van der Waals surface area contributed by atoms with Crippen LogP contribution in [0.5, 0.6) is 0 Å². The summed E-state index contributed by atoms with van der Waals surface area (Å²) >= 11 is 1.38. The van der Waals surface area contributed by atoms with Crippen molar-refractivity contribution in [2.24, 2.45) is 0 Å². The van der Waals surface area contributed by atoms with Gasteiger partial charge in [-0.3, -0.25) is 4.79 Å². The third-order valence-corrected chi connectivity index (χ3v) is 6.54. The van der Waals surface area contributed by atoms with Crippen LogP contribution in [0.15, 0.2) is 69.9 Å². The summed E-state index contributed by atoms with van der Waals surface area (Å²) in [6.07, 6.45) is 2.95. The van der Waals surface area contributed by atoms with E-state index in [9.17, 15) is 9.59 Å². The lowest BCUT2D eigenvalue weighted by Crippen LogP contribution is -2.34. The first-order chi connectivity index (χ1) is 14.1. The van der Waals surface area contributed by atoms with Crippen LogP contribution in [0.25, 0.3) is 26.6 Å². The van der Waals surface area contributed by atoms with Crippen molar-refractivity contribution in [2.45, 2.75) is 13.3 Å².